The molecule has 0 aliphatic carbocycles. The number of halogens is 2. The lowest BCUT2D eigenvalue weighted by atomic mass is 10.0. The number of ether oxygens (including phenoxy) is 1. The summed E-state index contributed by atoms with van der Waals surface area (Å²) in [6.45, 7) is 5.49. The fourth-order valence-electron chi connectivity index (χ4n) is 3.42. The van der Waals surface area contributed by atoms with Crippen LogP contribution in [0.3, 0.4) is 0 Å². The van der Waals surface area contributed by atoms with Gasteiger partial charge in [-0.25, -0.2) is 4.39 Å². The molecule has 1 N–H and O–H groups in total. The number of hydrogen-bond acceptors (Lipinski definition) is 5. The summed E-state index contributed by atoms with van der Waals surface area (Å²) in [4.78, 5) is 7.69. The Bertz CT molecular complexity index is 862. The Hall–Kier alpha value is -1.99. The van der Waals surface area contributed by atoms with E-state index in [-0.39, 0.29) is 24.6 Å². The Kier molecular flexibility index (Phi) is 8.22. The molecule has 0 amide bonds. The predicted molar refractivity (Wildman–Crippen MR) is 116 cm³/mol. The molecule has 0 fully saturated rings. The highest BCUT2D eigenvalue weighted by Gasteiger charge is 2.26. The molecule has 2 atom stereocenters. The third-order valence-electron chi connectivity index (χ3n) is 4.77. The maximum atomic E-state index is 13.6. The van der Waals surface area contributed by atoms with Crippen LogP contribution < -0.4 is 0 Å². The first-order chi connectivity index (χ1) is 14.4. The molecular weight excluding hydrogens is 407 g/mol. The highest BCUT2D eigenvalue weighted by molar-refractivity contribution is 6.34. The van der Waals surface area contributed by atoms with Crippen LogP contribution in [0.2, 0.25) is 5.02 Å². The molecular formula is C23H28ClFN2O3. The first-order valence-corrected chi connectivity index (χ1v) is 10.5. The van der Waals surface area contributed by atoms with Gasteiger partial charge in [-0.1, -0.05) is 47.1 Å². The molecule has 0 saturated carbocycles. The number of aliphatic hydroxyl groups excluding tert-OH is 1. The van der Waals surface area contributed by atoms with Gasteiger partial charge < -0.3 is 14.7 Å². The van der Waals surface area contributed by atoms with Crippen molar-refractivity contribution in [1.82, 2.24) is 4.90 Å². The molecule has 0 bridgehead atoms. The zero-order chi connectivity index (χ0) is 21.5. The van der Waals surface area contributed by atoms with E-state index in [9.17, 15) is 9.50 Å². The van der Waals surface area contributed by atoms with Crippen LogP contribution in [0.15, 0.2) is 53.7 Å². The molecule has 1 aliphatic rings. The highest BCUT2D eigenvalue weighted by Crippen LogP contribution is 2.23. The Labute approximate surface area is 182 Å². The molecule has 1 aliphatic heterocycles. The van der Waals surface area contributed by atoms with E-state index in [1.165, 1.54) is 12.1 Å². The van der Waals surface area contributed by atoms with Crippen LogP contribution in [0.4, 0.5) is 4.39 Å². The van der Waals surface area contributed by atoms with Gasteiger partial charge in [-0.15, -0.1) is 0 Å². The molecule has 0 aromatic heterocycles. The van der Waals surface area contributed by atoms with Crippen molar-refractivity contribution in [2.24, 2.45) is 5.16 Å². The first kappa shape index (κ1) is 22.7. The number of benzene rings is 2. The normalized spacial score (nSPS) is 17.3. The number of hydrogen-bond donors (Lipinski definition) is 1. The molecule has 0 unspecified atom stereocenters. The zero-order valence-electron chi connectivity index (χ0n) is 17.3. The van der Waals surface area contributed by atoms with Crippen LogP contribution >= 0.6 is 11.6 Å². The van der Waals surface area contributed by atoms with Crippen LogP contribution in [0, 0.1) is 5.82 Å². The van der Waals surface area contributed by atoms with E-state index >= 15 is 0 Å². The standard InChI is InChI=1S/C23H28ClFN2O3/c1-16(2)29-15-19(28)13-27(12-17-6-5-7-18(25)10-17)14-20-11-23(26-30-20)21-8-3-4-9-22(21)24/h3-10,16,19-20,28H,11-15H2,1-2H3/t19-,20-/m1/s1. The minimum atomic E-state index is -0.661. The summed E-state index contributed by atoms with van der Waals surface area (Å²) in [5.41, 5.74) is 2.50. The monoisotopic (exact) mass is 434 g/mol. The van der Waals surface area contributed by atoms with Gasteiger partial charge in [-0.2, -0.15) is 0 Å². The number of nitrogens with zero attached hydrogens (tertiary/aromatic N) is 2. The average molecular weight is 435 g/mol. The molecule has 7 heteroatoms. The highest BCUT2D eigenvalue weighted by atomic mass is 35.5. The fraction of sp³-hybridized carbons (Fsp3) is 0.435. The molecule has 30 heavy (non-hydrogen) atoms. The van der Waals surface area contributed by atoms with E-state index in [0.717, 1.165) is 16.8 Å². The average Bonchev–Trinajstić information content (AvgIpc) is 3.15. The summed E-state index contributed by atoms with van der Waals surface area (Å²) in [7, 11) is 0. The van der Waals surface area contributed by atoms with Crippen LogP contribution in [0.5, 0.6) is 0 Å². The van der Waals surface area contributed by atoms with Crippen molar-refractivity contribution < 1.29 is 19.1 Å². The summed E-state index contributed by atoms with van der Waals surface area (Å²) in [5, 5.41) is 15.3. The van der Waals surface area contributed by atoms with Crippen LogP contribution in [-0.2, 0) is 16.1 Å². The largest absolute Gasteiger partial charge is 0.390 e. The minimum Gasteiger partial charge on any atom is -0.390 e. The minimum absolute atomic E-state index is 0.0427. The summed E-state index contributed by atoms with van der Waals surface area (Å²) in [5.74, 6) is -0.280. The van der Waals surface area contributed by atoms with Gasteiger partial charge in [0, 0.05) is 36.6 Å². The maximum Gasteiger partial charge on any atom is 0.145 e. The summed E-state index contributed by atoms with van der Waals surface area (Å²) < 4.78 is 19.2. The van der Waals surface area contributed by atoms with Crippen molar-refractivity contribution in [2.45, 2.75) is 45.1 Å². The fourth-order valence-corrected chi connectivity index (χ4v) is 3.66. The molecule has 0 spiro atoms. The lowest BCUT2D eigenvalue weighted by molar-refractivity contribution is -0.0194. The Morgan fingerprint density at radius 1 is 1.27 bits per heavy atom. The van der Waals surface area contributed by atoms with Crippen molar-refractivity contribution >= 4 is 17.3 Å². The van der Waals surface area contributed by atoms with Crippen molar-refractivity contribution in [3.63, 3.8) is 0 Å². The van der Waals surface area contributed by atoms with Crippen LogP contribution in [0.25, 0.3) is 0 Å². The van der Waals surface area contributed by atoms with Gasteiger partial charge in [0.05, 0.1) is 24.5 Å². The molecule has 2 aromatic rings. The van der Waals surface area contributed by atoms with E-state index in [0.29, 0.717) is 31.1 Å². The molecule has 162 valence electrons. The molecule has 1 heterocycles. The first-order valence-electron chi connectivity index (χ1n) is 10.1. The zero-order valence-corrected chi connectivity index (χ0v) is 18.1. The van der Waals surface area contributed by atoms with Crippen molar-refractivity contribution in [3.8, 4) is 0 Å². The second kappa shape index (κ2) is 10.9. The molecule has 0 radical (unpaired) electrons. The van der Waals surface area contributed by atoms with Gasteiger partial charge >= 0.3 is 0 Å². The van der Waals surface area contributed by atoms with Gasteiger partial charge in [0.2, 0.25) is 0 Å². The summed E-state index contributed by atoms with van der Waals surface area (Å²) in [6.07, 6.45) is -0.183. The quantitative estimate of drug-likeness (QED) is 0.607. The van der Waals surface area contributed by atoms with Gasteiger partial charge in [-0.05, 0) is 37.6 Å². The van der Waals surface area contributed by atoms with E-state index in [1.807, 2.05) is 49.1 Å². The van der Waals surface area contributed by atoms with Crippen molar-refractivity contribution in [3.05, 3.63) is 70.5 Å². The molecule has 3 rings (SSSR count). The Morgan fingerprint density at radius 2 is 2.07 bits per heavy atom. The summed E-state index contributed by atoms with van der Waals surface area (Å²) >= 11 is 6.28. The number of aliphatic hydroxyl groups is 1. The van der Waals surface area contributed by atoms with E-state index in [1.54, 1.807) is 6.07 Å². The van der Waals surface area contributed by atoms with Gasteiger partial charge in [0.1, 0.15) is 11.9 Å². The van der Waals surface area contributed by atoms with Crippen LogP contribution in [-0.4, -0.2) is 53.7 Å². The Morgan fingerprint density at radius 3 is 2.80 bits per heavy atom. The lowest BCUT2D eigenvalue weighted by Gasteiger charge is -2.27. The molecule has 0 saturated heterocycles. The topological polar surface area (TPSA) is 54.3 Å². The SMILES string of the molecule is CC(C)OC[C@H](O)CN(Cc1cccc(F)c1)C[C@H]1CC(c2ccccc2Cl)=NO1. The third-order valence-corrected chi connectivity index (χ3v) is 5.10. The van der Waals surface area contributed by atoms with Gasteiger partial charge in [0.25, 0.3) is 0 Å². The van der Waals surface area contributed by atoms with Crippen LogP contribution in [0.1, 0.15) is 31.4 Å². The third kappa shape index (κ3) is 6.77. The number of oxime groups is 1. The molecule has 5 nitrogen and oxygen atoms in total. The van der Waals surface area contributed by atoms with Gasteiger partial charge in [0.15, 0.2) is 0 Å². The van der Waals surface area contributed by atoms with E-state index in [2.05, 4.69) is 5.16 Å². The second-order valence-corrected chi connectivity index (χ2v) is 8.22. The number of rotatable bonds is 10. The maximum absolute atomic E-state index is 13.6. The predicted octanol–water partition coefficient (Wildman–Crippen LogP) is 4.26. The lowest BCUT2D eigenvalue weighted by Crippen LogP contribution is -2.39. The Balaban J connectivity index is 1.64. The van der Waals surface area contributed by atoms with E-state index < -0.39 is 6.10 Å². The summed E-state index contributed by atoms with van der Waals surface area (Å²) in [6, 6.07) is 14.0. The molecule has 2 aromatic carbocycles. The smallest absolute Gasteiger partial charge is 0.145 e. The van der Waals surface area contributed by atoms with Crippen molar-refractivity contribution in [1.29, 1.82) is 0 Å². The van der Waals surface area contributed by atoms with Crippen molar-refractivity contribution in [2.75, 3.05) is 19.7 Å². The van der Waals surface area contributed by atoms with E-state index in [4.69, 9.17) is 21.2 Å². The second-order valence-electron chi connectivity index (χ2n) is 7.81. The van der Waals surface area contributed by atoms with Gasteiger partial charge in [-0.3, -0.25) is 4.90 Å².